The van der Waals surface area contributed by atoms with Crippen LogP contribution in [0.2, 0.25) is 10.0 Å². The van der Waals surface area contributed by atoms with Crippen molar-refractivity contribution in [3.8, 4) is 5.75 Å². The molecule has 11 heteroatoms. The first-order chi connectivity index (χ1) is 17.9. The van der Waals surface area contributed by atoms with Gasteiger partial charge in [0.25, 0.3) is 0 Å². The summed E-state index contributed by atoms with van der Waals surface area (Å²) in [6.07, 6.45) is 0.937. The lowest BCUT2D eigenvalue weighted by Gasteiger charge is -2.32. The van der Waals surface area contributed by atoms with E-state index in [0.717, 1.165) is 24.1 Å². The van der Waals surface area contributed by atoms with Crippen LogP contribution in [0.1, 0.15) is 23.6 Å². The van der Waals surface area contributed by atoms with E-state index < -0.39 is 0 Å². The minimum atomic E-state index is -0.211. The van der Waals surface area contributed by atoms with Gasteiger partial charge in [-0.3, -0.25) is 9.69 Å². The fourth-order valence-electron chi connectivity index (χ4n) is 4.11. The smallest absolute Gasteiger partial charge is 0.227 e. The number of nitrogens with zero attached hydrogens (tertiary/aromatic N) is 2. The summed E-state index contributed by atoms with van der Waals surface area (Å²) in [6, 6.07) is 12.6. The van der Waals surface area contributed by atoms with Crippen molar-refractivity contribution in [1.29, 1.82) is 0 Å². The molecule has 1 aliphatic heterocycles. The van der Waals surface area contributed by atoms with E-state index in [1.165, 1.54) is 7.11 Å². The summed E-state index contributed by atoms with van der Waals surface area (Å²) in [5.74, 6) is 0.614. The SMILES string of the molecule is COOCCOOC1CCN(CC(c2ccc(OCCO)cc2)N(C)C(=O)Cc2ccc(Cl)c(Cl)c2)C1. The minimum absolute atomic E-state index is 0.0440. The van der Waals surface area contributed by atoms with Crippen LogP contribution in [-0.2, 0) is 30.8 Å². The largest absolute Gasteiger partial charge is 0.491 e. The molecule has 1 aliphatic rings. The Bertz CT molecular complexity index is 980. The van der Waals surface area contributed by atoms with Crippen molar-refractivity contribution in [2.75, 3.05) is 60.2 Å². The molecule has 1 amide bonds. The monoisotopic (exact) mass is 556 g/mol. The number of likely N-dealkylation sites (tertiary alicyclic amines) is 1. The maximum absolute atomic E-state index is 13.3. The number of hydrogen-bond acceptors (Lipinski definition) is 8. The third-order valence-electron chi connectivity index (χ3n) is 6.06. The number of carbonyl (C=O) groups is 1. The molecule has 2 aromatic carbocycles. The number of aliphatic hydroxyl groups excluding tert-OH is 1. The molecule has 2 atom stereocenters. The van der Waals surface area contributed by atoms with Crippen molar-refractivity contribution in [2.24, 2.45) is 0 Å². The third kappa shape index (κ3) is 9.38. The molecule has 204 valence electrons. The third-order valence-corrected chi connectivity index (χ3v) is 6.80. The molecule has 0 saturated carbocycles. The molecular weight excluding hydrogens is 523 g/mol. The highest BCUT2D eigenvalue weighted by molar-refractivity contribution is 6.42. The molecule has 0 spiro atoms. The van der Waals surface area contributed by atoms with Crippen LogP contribution in [0, 0.1) is 0 Å². The van der Waals surface area contributed by atoms with Crippen molar-refractivity contribution >= 4 is 29.1 Å². The predicted molar refractivity (Wildman–Crippen MR) is 140 cm³/mol. The average molecular weight is 557 g/mol. The lowest BCUT2D eigenvalue weighted by molar-refractivity contribution is -0.348. The molecule has 0 radical (unpaired) electrons. The van der Waals surface area contributed by atoms with Gasteiger partial charge in [-0.05, 0) is 41.8 Å². The summed E-state index contributed by atoms with van der Waals surface area (Å²) in [5, 5.41) is 9.88. The second kappa shape index (κ2) is 15.5. The van der Waals surface area contributed by atoms with Crippen LogP contribution < -0.4 is 4.74 Å². The Morgan fingerprint density at radius 3 is 2.57 bits per heavy atom. The number of aliphatic hydroxyl groups is 1. The van der Waals surface area contributed by atoms with Gasteiger partial charge in [0.05, 0.1) is 36.2 Å². The first-order valence-corrected chi connectivity index (χ1v) is 12.9. The highest BCUT2D eigenvalue weighted by atomic mass is 35.5. The zero-order valence-electron chi connectivity index (χ0n) is 21.1. The molecule has 3 rings (SSSR count). The maximum Gasteiger partial charge on any atom is 0.227 e. The normalized spacial score (nSPS) is 16.6. The van der Waals surface area contributed by atoms with E-state index in [1.54, 1.807) is 17.0 Å². The van der Waals surface area contributed by atoms with Gasteiger partial charge < -0.3 is 14.7 Å². The van der Waals surface area contributed by atoms with Crippen molar-refractivity contribution < 1.29 is 34.2 Å². The molecule has 2 aromatic rings. The van der Waals surface area contributed by atoms with Gasteiger partial charge >= 0.3 is 0 Å². The van der Waals surface area contributed by atoms with Gasteiger partial charge in [-0.1, -0.05) is 41.4 Å². The van der Waals surface area contributed by atoms with E-state index in [1.807, 2.05) is 37.4 Å². The molecule has 9 nitrogen and oxygen atoms in total. The van der Waals surface area contributed by atoms with Crippen LogP contribution >= 0.6 is 23.2 Å². The molecule has 2 unspecified atom stereocenters. The van der Waals surface area contributed by atoms with E-state index in [9.17, 15) is 4.79 Å². The van der Waals surface area contributed by atoms with Gasteiger partial charge in [-0.2, -0.15) is 0 Å². The molecule has 0 aromatic heterocycles. The molecular formula is C26H34Cl2N2O7. The summed E-state index contributed by atoms with van der Waals surface area (Å²) < 4.78 is 5.50. The molecule has 1 heterocycles. The molecule has 0 aliphatic carbocycles. The number of carbonyl (C=O) groups excluding carboxylic acids is 1. The highest BCUT2D eigenvalue weighted by Crippen LogP contribution is 2.27. The van der Waals surface area contributed by atoms with Crippen LogP contribution in [0.25, 0.3) is 0 Å². The van der Waals surface area contributed by atoms with Crippen molar-refractivity contribution in [1.82, 2.24) is 9.80 Å². The zero-order valence-corrected chi connectivity index (χ0v) is 22.6. The second-order valence-electron chi connectivity index (χ2n) is 8.66. The minimum Gasteiger partial charge on any atom is -0.491 e. The number of benzene rings is 2. The Morgan fingerprint density at radius 1 is 1.11 bits per heavy atom. The van der Waals surface area contributed by atoms with Gasteiger partial charge in [0, 0.05) is 26.7 Å². The van der Waals surface area contributed by atoms with E-state index in [0.29, 0.717) is 28.9 Å². The zero-order chi connectivity index (χ0) is 26.6. The molecule has 1 fully saturated rings. The van der Waals surface area contributed by atoms with E-state index >= 15 is 0 Å². The Labute approximate surface area is 227 Å². The summed E-state index contributed by atoms with van der Waals surface area (Å²) in [5.41, 5.74) is 1.76. The molecule has 1 saturated heterocycles. The Balaban J connectivity index is 1.67. The Morgan fingerprint density at radius 2 is 1.86 bits per heavy atom. The Kier molecular flexibility index (Phi) is 12.4. The summed E-state index contributed by atoms with van der Waals surface area (Å²) in [4.78, 5) is 37.4. The van der Waals surface area contributed by atoms with Crippen LogP contribution in [0.15, 0.2) is 42.5 Å². The van der Waals surface area contributed by atoms with Crippen molar-refractivity contribution in [3.63, 3.8) is 0 Å². The fraction of sp³-hybridized carbons (Fsp3) is 0.500. The molecule has 1 N–H and O–H groups in total. The van der Waals surface area contributed by atoms with E-state index in [4.69, 9.17) is 47.7 Å². The number of rotatable bonds is 15. The van der Waals surface area contributed by atoms with Crippen LogP contribution in [0.3, 0.4) is 0 Å². The van der Waals surface area contributed by atoms with Crippen LogP contribution in [-0.4, -0.2) is 87.1 Å². The lowest BCUT2D eigenvalue weighted by Crippen LogP contribution is -2.39. The van der Waals surface area contributed by atoms with Crippen molar-refractivity contribution in [3.05, 3.63) is 63.6 Å². The number of ether oxygens (including phenoxy) is 1. The maximum atomic E-state index is 13.3. The number of hydrogen-bond donors (Lipinski definition) is 1. The van der Waals surface area contributed by atoms with Crippen LogP contribution in [0.4, 0.5) is 0 Å². The second-order valence-corrected chi connectivity index (χ2v) is 9.48. The van der Waals surface area contributed by atoms with Gasteiger partial charge in [-0.15, -0.1) is 0 Å². The van der Waals surface area contributed by atoms with E-state index in [-0.39, 0.29) is 50.9 Å². The number of likely N-dealkylation sites (N-methyl/N-ethyl adjacent to an activating group) is 1. The molecule has 0 bridgehead atoms. The highest BCUT2D eigenvalue weighted by Gasteiger charge is 2.30. The van der Waals surface area contributed by atoms with E-state index in [2.05, 4.69) is 9.79 Å². The summed E-state index contributed by atoms with van der Waals surface area (Å²) >= 11 is 12.2. The van der Waals surface area contributed by atoms with Gasteiger partial charge in [0.1, 0.15) is 31.7 Å². The topological polar surface area (TPSA) is 89.9 Å². The Hall–Kier alpha value is -1.95. The van der Waals surface area contributed by atoms with Gasteiger partial charge in [0.15, 0.2) is 0 Å². The first-order valence-electron chi connectivity index (χ1n) is 12.1. The fourth-order valence-corrected chi connectivity index (χ4v) is 4.43. The predicted octanol–water partition coefficient (Wildman–Crippen LogP) is 3.71. The number of halogens is 2. The van der Waals surface area contributed by atoms with Gasteiger partial charge in [-0.25, -0.2) is 19.6 Å². The summed E-state index contributed by atoms with van der Waals surface area (Å²) in [6.45, 7) is 2.81. The van der Waals surface area contributed by atoms with Crippen LogP contribution in [0.5, 0.6) is 5.75 Å². The average Bonchev–Trinajstić information content (AvgIpc) is 3.35. The summed E-state index contributed by atoms with van der Waals surface area (Å²) in [7, 11) is 3.25. The van der Waals surface area contributed by atoms with Gasteiger partial charge in [0.2, 0.25) is 5.91 Å². The standard InChI is InChI=1S/C26H34Cl2N2O7/c1-29(26(32)16-19-3-8-23(27)24(28)15-19)25(20-4-6-21(7-5-20)34-12-11-31)18-30-10-9-22(17-30)37-36-14-13-35-33-2/h3-8,15,22,25,31H,9-14,16-18H2,1-2H3. The quantitative estimate of drug-likeness (QED) is 0.202. The van der Waals surface area contributed by atoms with Crippen molar-refractivity contribution in [2.45, 2.75) is 25.0 Å². The lowest BCUT2D eigenvalue weighted by atomic mass is 10.0. The first kappa shape index (κ1) is 29.6. The molecule has 37 heavy (non-hydrogen) atoms. The number of amides is 1.